The molecule has 0 aromatic heterocycles. The van der Waals surface area contributed by atoms with Crippen molar-refractivity contribution in [2.24, 2.45) is 0 Å². The highest BCUT2D eigenvalue weighted by Crippen LogP contribution is 2.56. The summed E-state index contributed by atoms with van der Waals surface area (Å²) in [6.45, 7) is 20.6. The van der Waals surface area contributed by atoms with E-state index in [2.05, 4.69) is 231 Å². The summed E-state index contributed by atoms with van der Waals surface area (Å²) in [5, 5.41) is 0. The predicted octanol–water partition coefficient (Wildman–Crippen LogP) is 19.6. The average Bonchev–Trinajstić information content (AvgIpc) is 3.54. The third-order valence-corrected chi connectivity index (χ3v) is 15.1. The number of rotatable bonds is 17. The van der Waals surface area contributed by atoms with Crippen molar-refractivity contribution in [3.05, 3.63) is 198 Å². The van der Waals surface area contributed by atoms with Crippen LogP contribution in [0, 0.1) is 41.5 Å². The van der Waals surface area contributed by atoms with Crippen LogP contribution in [0.25, 0.3) is 11.1 Å². The Morgan fingerprint density at radius 3 is 1.14 bits per heavy atom. The number of hydrogen-bond acceptors (Lipinski definition) is 2. The Balaban J connectivity index is 1.38. The molecule has 7 aromatic rings. The topological polar surface area (TPSA) is 6.48 Å². The van der Waals surface area contributed by atoms with E-state index in [1.165, 1.54) is 146 Å². The Morgan fingerprint density at radius 2 is 0.773 bits per heavy atom. The lowest BCUT2D eigenvalue weighted by Gasteiger charge is -2.34. The zero-order valence-corrected chi connectivity index (χ0v) is 44.0. The first-order chi connectivity index (χ1) is 31.8. The van der Waals surface area contributed by atoms with E-state index in [0.29, 0.717) is 0 Å². The van der Waals surface area contributed by atoms with Crippen LogP contribution in [0.4, 0.5) is 34.1 Å². The fraction of sp³-hybridized carbons (Fsp3) is 0.323. The van der Waals surface area contributed by atoms with E-state index in [1.54, 1.807) is 0 Å². The van der Waals surface area contributed by atoms with Gasteiger partial charge in [0.25, 0.3) is 0 Å². The van der Waals surface area contributed by atoms with Crippen molar-refractivity contribution in [1.29, 1.82) is 0 Å². The van der Waals surface area contributed by atoms with Gasteiger partial charge in [0.05, 0.1) is 11.4 Å². The number of benzene rings is 7. The van der Waals surface area contributed by atoms with E-state index >= 15 is 0 Å². The SMILES string of the molecule is CCCCCCc1cc(CCCCCC)cc(C2(C)c3cc(N(c4ccc(Br)cc4)c4c(C)cc(C)cc4C)ccc3-c3ccc(N(c4ccc(Br)cc4)c4c(C)cc(C)cc4C)cc32)c1. The quantitative estimate of drug-likeness (QED) is 0.0839. The van der Waals surface area contributed by atoms with Gasteiger partial charge in [-0.1, -0.05) is 150 Å². The lowest BCUT2D eigenvalue weighted by atomic mass is 9.72. The molecule has 0 amide bonds. The summed E-state index contributed by atoms with van der Waals surface area (Å²) in [7, 11) is 0. The summed E-state index contributed by atoms with van der Waals surface area (Å²) < 4.78 is 2.15. The summed E-state index contributed by atoms with van der Waals surface area (Å²) in [5.74, 6) is 0. The van der Waals surface area contributed by atoms with Gasteiger partial charge in [-0.25, -0.2) is 0 Å². The van der Waals surface area contributed by atoms with Crippen LogP contribution in [0.3, 0.4) is 0 Å². The molecule has 7 aromatic carbocycles. The van der Waals surface area contributed by atoms with Crippen molar-refractivity contribution in [2.75, 3.05) is 9.80 Å². The van der Waals surface area contributed by atoms with Gasteiger partial charge >= 0.3 is 0 Å². The molecular weight excluding hydrogens is 933 g/mol. The normalized spacial score (nSPS) is 12.6. The third-order valence-electron chi connectivity index (χ3n) is 14.0. The Kier molecular flexibility index (Phi) is 14.8. The van der Waals surface area contributed by atoms with Gasteiger partial charge in [-0.15, -0.1) is 0 Å². The second-order valence-electron chi connectivity index (χ2n) is 19.4. The molecule has 0 spiro atoms. The molecule has 0 bridgehead atoms. The smallest absolute Gasteiger partial charge is 0.0520 e. The number of aryl methyl sites for hydroxylation is 8. The maximum atomic E-state index is 3.74. The van der Waals surface area contributed by atoms with Crippen LogP contribution in [0.5, 0.6) is 0 Å². The average molecular weight is 1000 g/mol. The molecule has 0 atom stereocenters. The molecule has 0 radical (unpaired) electrons. The molecule has 0 aliphatic heterocycles. The minimum Gasteiger partial charge on any atom is -0.310 e. The van der Waals surface area contributed by atoms with Gasteiger partial charge in [-0.05, 0) is 208 Å². The van der Waals surface area contributed by atoms with Crippen molar-refractivity contribution in [1.82, 2.24) is 0 Å². The minimum atomic E-state index is -0.445. The van der Waals surface area contributed by atoms with Crippen molar-refractivity contribution in [2.45, 2.75) is 132 Å². The number of unbranched alkanes of at least 4 members (excludes halogenated alkanes) is 6. The molecule has 4 heteroatoms. The molecule has 340 valence electrons. The lowest BCUT2D eigenvalue weighted by molar-refractivity contribution is 0.656. The molecular formula is C62H68Br2N2. The summed E-state index contributed by atoms with van der Waals surface area (Å²) in [5.41, 5.74) is 24.0. The molecule has 0 fully saturated rings. The van der Waals surface area contributed by atoms with Crippen LogP contribution in [0.15, 0.2) is 136 Å². The number of halogens is 2. The van der Waals surface area contributed by atoms with E-state index in [0.717, 1.165) is 33.2 Å². The van der Waals surface area contributed by atoms with Gasteiger partial charge < -0.3 is 9.80 Å². The van der Waals surface area contributed by atoms with Crippen LogP contribution < -0.4 is 9.80 Å². The molecule has 0 unspecified atom stereocenters. The van der Waals surface area contributed by atoms with Crippen LogP contribution in [-0.4, -0.2) is 0 Å². The molecule has 0 N–H and O–H groups in total. The van der Waals surface area contributed by atoms with Crippen LogP contribution in [0.2, 0.25) is 0 Å². The predicted molar refractivity (Wildman–Crippen MR) is 293 cm³/mol. The maximum absolute atomic E-state index is 3.74. The second-order valence-corrected chi connectivity index (χ2v) is 21.2. The molecule has 0 saturated heterocycles. The van der Waals surface area contributed by atoms with E-state index < -0.39 is 5.41 Å². The van der Waals surface area contributed by atoms with E-state index in [-0.39, 0.29) is 0 Å². The molecule has 66 heavy (non-hydrogen) atoms. The standard InChI is InChI=1S/C62H68Br2N2/c1-10-12-14-16-18-47-36-48(19-17-15-13-11-2)38-49(37-47)62(9)58-39-54(65(52-24-20-50(63)21-25-52)60-43(5)32-41(3)33-44(60)6)28-30-56(58)57-31-29-55(40-59(57)62)66(53-26-22-51(64)23-27-53)61-45(7)34-42(4)35-46(61)8/h20-40H,10-19H2,1-9H3. The Bertz CT molecular complexity index is 2600. The summed E-state index contributed by atoms with van der Waals surface area (Å²) >= 11 is 7.47. The summed E-state index contributed by atoms with van der Waals surface area (Å²) in [6, 6.07) is 49.3. The molecule has 8 rings (SSSR count). The highest BCUT2D eigenvalue weighted by atomic mass is 79.9. The van der Waals surface area contributed by atoms with Gasteiger partial charge in [0.1, 0.15) is 0 Å². The first-order valence-electron chi connectivity index (χ1n) is 24.5. The van der Waals surface area contributed by atoms with Crippen LogP contribution in [0.1, 0.15) is 133 Å². The highest BCUT2D eigenvalue weighted by molar-refractivity contribution is 9.10. The maximum Gasteiger partial charge on any atom is 0.0520 e. The molecule has 0 heterocycles. The second kappa shape index (κ2) is 20.5. The van der Waals surface area contributed by atoms with Gasteiger partial charge in [0.15, 0.2) is 0 Å². The van der Waals surface area contributed by atoms with Crippen LogP contribution >= 0.6 is 31.9 Å². The zero-order valence-electron chi connectivity index (χ0n) is 40.8. The zero-order chi connectivity index (χ0) is 46.7. The largest absolute Gasteiger partial charge is 0.310 e. The van der Waals surface area contributed by atoms with Gasteiger partial charge in [-0.3, -0.25) is 0 Å². The van der Waals surface area contributed by atoms with Crippen molar-refractivity contribution >= 4 is 66.0 Å². The van der Waals surface area contributed by atoms with Crippen molar-refractivity contribution in [3.63, 3.8) is 0 Å². The van der Waals surface area contributed by atoms with Crippen LogP contribution in [-0.2, 0) is 18.3 Å². The number of anilines is 6. The molecule has 1 aliphatic rings. The number of fused-ring (bicyclic) bond motifs is 3. The molecule has 1 aliphatic carbocycles. The Morgan fingerprint density at radius 1 is 0.409 bits per heavy atom. The summed E-state index contributed by atoms with van der Waals surface area (Å²) in [4.78, 5) is 4.99. The van der Waals surface area contributed by atoms with E-state index in [1.807, 2.05) is 0 Å². The summed E-state index contributed by atoms with van der Waals surface area (Å²) in [6.07, 6.45) is 12.3. The van der Waals surface area contributed by atoms with Gasteiger partial charge in [0, 0.05) is 37.1 Å². The number of nitrogens with zero attached hydrogens (tertiary/aromatic N) is 2. The third kappa shape index (κ3) is 9.74. The van der Waals surface area contributed by atoms with Crippen molar-refractivity contribution in [3.8, 4) is 11.1 Å². The first-order valence-corrected chi connectivity index (χ1v) is 26.1. The van der Waals surface area contributed by atoms with E-state index in [4.69, 9.17) is 0 Å². The lowest BCUT2D eigenvalue weighted by Crippen LogP contribution is -2.24. The molecule has 0 saturated carbocycles. The van der Waals surface area contributed by atoms with E-state index in [9.17, 15) is 0 Å². The fourth-order valence-corrected chi connectivity index (χ4v) is 11.5. The Hall–Kier alpha value is -4.90. The van der Waals surface area contributed by atoms with Gasteiger partial charge in [0.2, 0.25) is 0 Å². The monoisotopic (exact) mass is 998 g/mol. The highest BCUT2D eigenvalue weighted by Gasteiger charge is 2.42. The Labute approximate surface area is 413 Å². The molecule has 2 nitrogen and oxygen atoms in total. The number of hydrogen-bond donors (Lipinski definition) is 0. The van der Waals surface area contributed by atoms with Gasteiger partial charge in [-0.2, -0.15) is 0 Å². The first kappa shape index (κ1) is 47.6. The fourth-order valence-electron chi connectivity index (χ4n) is 11.0. The van der Waals surface area contributed by atoms with Crippen molar-refractivity contribution < 1.29 is 0 Å². The minimum absolute atomic E-state index is 0.445.